The van der Waals surface area contributed by atoms with Crippen molar-refractivity contribution in [3.05, 3.63) is 81.2 Å². The average Bonchev–Trinajstić information content (AvgIpc) is 3.23. The Balaban J connectivity index is 1.73. The summed E-state index contributed by atoms with van der Waals surface area (Å²) < 4.78 is 1.75. The molecule has 0 bridgehead atoms. The van der Waals surface area contributed by atoms with Gasteiger partial charge in [-0.1, -0.05) is 12.1 Å². The summed E-state index contributed by atoms with van der Waals surface area (Å²) in [6.45, 7) is 5.74. The number of aromatic nitrogens is 2. The van der Waals surface area contributed by atoms with E-state index in [9.17, 15) is 14.9 Å². The number of benzene rings is 2. The molecule has 0 aliphatic carbocycles. The minimum absolute atomic E-state index is 0.0206. The highest BCUT2D eigenvalue weighted by molar-refractivity contribution is 6.05. The SMILES string of the molecule is Cc1cccc(NC(=O)c2cnn(-c3ccc([N+](=O)[O-])cc3)c2C2CCNCC2)c1C. The molecule has 31 heavy (non-hydrogen) atoms. The lowest BCUT2D eigenvalue weighted by Gasteiger charge is -2.24. The van der Waals surface area contributed by atoms with Gasteiger partial charge in [0.15, 0.2) is 0 Å². The second kappa shape index (κ2) is 8.69. The molecule has 1 amide bonds. The number of piperidine rings is 1. The van der Waals surface area contributed by atoms with Crippen LogP contribution in [0.2, 0.25) is 0 Å². The van der Waals surface area contributed by atoms with Crippen LogP contribution in [0.3, 0.4) is 0 Å². The molecular formula is C23H25N5O3. The number of non-ortho nitro benzene ring substituents is 1. The molecule has 0 unspecified atom stereocenters. The highest BCUT2D eigenvalue weighted by atomic mass is 16.6. The lowest BCUT2D eigenvalue weighted by atomic mass is 9.91. The number of hydrogen-bond donors (Lipinski definition) is 2. The maximum atomic E-state index is 13.3. The number of anilines is 1. The minimum atomic E-state index is -0.427. The van der Waals surface area contributed by atoms with Crippen molar-refractivity contribution in [2.45, 2.75) is 32.6 Å². The largest absolute Gasteiger partial charge is 0.322 e. The predicted octanol–water partition coefficient (Wildman–Crippen LogP) is 4.12. The van der Waals surface area contributed by atoms with Gasteiger partial charge in [-0.2, -0.15) is 5.10 Å². The van der Waals surface area contributed by atoms with Crippen LogP contribution in [-0.2, 0) is 0 Å². The predicted molar refractivity (Wildman–Crippen MR) is 119 cm³/mol. The lowest BCUT2D eigenvalue weighted by molar-refractivity contribution is -0.384. The third-order valence-corrected chi connectivity index (χ3v) is 5.93. The smallest absolute Gasteiger partial charge is 0.269 e. The van der Waals surface area contributed by atoms with Gasteiger partial charge in [0.05, 0.1) is 28.1 Å². The van der Waals surface area contributed by atoms with Gasteiger partial charge in [0.2, 0.25) is 0 Å². The quantitative estimate of drug-likeness (QED) is 0.478. The van der Waals surface area contributed by atoms with E-state index >= 15 is 0 Å². The fourth-order valence-corrected chi connectivity index (χ4v) is 4.02. The summed E-state index contributed by atoms with van der Waals surface area (Å²) in [5.41, 5.74) is 5.02. The van der Waals surface area contributed by atoms with Crippen LogP contribution in [0, 0.1) is 24.0 Å². The maximum absolute atomic E-state index is 13.3. The van der Waals surface area contributed by atoms with E-state index in [0.29, 0.717) is 11.3 Å². The van der Waals surface area contributed by atoms with Gasteiger partial charge in [-0.15, -0.1) is 0 Å². The molecule has 1 saturated heterocycles. The molecule has 4 rings (SSSR count). The monoisotopic (exact) mass is 419 g/mol. The van der Waals surface area contributed by atoms with Crippen molar-refractivity contribution in [3.8, 4) is 5.69 Å². The van der Waals surface area contributed by atoms with E-state index in [1.165, 1.54) is 12.1 Å². The van der Waals surface area contributed by atoms with E-state index in [1.54, 1.807) is 23.0 Å². The normalized spacial score (nSPS) is 14.4. The van der Waals surface area contributed by atoms with Crippen molar-refractivity contribution in [2.75, 3.05) is 18.4 Å². The number of nitro groups is 1. The average molecular weight is 419 g/mol. The van der Waals surface area contributed by atoms with Gasteiger partial charge in [-0.25, -0.2) is 4.68 Å². The number of carbonyl (C=O) groups is 1. The summed E-state index contributed by atoms with van der Waals surface area (Å²) in [6, 6.07) is 12.1. The number of nitro benzene ring substituents is 1. The molecule has 1 aliphatic heterocycles. The summed E-state index contributed by atoms with van der Waals surface area (Å²) in [5.74, 6) is -0.0336. The number of hydrogen-bond acceptors (Lipinski definition) is 5. The summed E-state index contributed by atoms with van der Waals surface area (Å²) in [7, 11) is 0. The number of carbonyl (C=O) groups excluding carboxylic acids is 1. The van der Waals surface area contributed by atoms with Gasteiger partial charge >= 0.3 is 0 Å². The topological polar surface area (TPSA) is 102 Å². The van der Waals surface area contributed by atoms with E-state index < -0.39 is 4.92 Å². The fourth-order valence-electron chi connectivity index (χ4n) is 4.02. The number of aryl methyl sites for hydroxylation is 1. The van der Waals surface area contributed by atoms with E-state index in [-0.39, 0.29) is 17.5 Å². The molecule has 3 aromatic rings. The molecule has 0 radical (unpaired) electrons. The highest BCUT2D eigenvalue weighted by Crippen LogP contribution is 2.31. The second-order valence-electron chi connectivity index (χ2n) is 7.85. The Bertz CT molecular complexity index is 1110. The molecular weight excluding hydrogens is 394 g/mol. The number of nitrogens with one attached hydrogen (secondary N) is 2. The van der Waals surface area contributed by atoms with Crippen LogP contribution in [0.5, 0.6) is 0 Å². The lowest BCUT2D eigenvalue weighted by Crippen LogP contribution is -2.29. The Labute approximate surface area is 180 Å². The number of amides is 1. The summed E-state index contributed by atoms with van der Waals surface area (Å²) in [6.07, 6.45) is 3.38. The van der Waals surface area contributed by atoms with Crippen molar-refractivity contribution in [1.29, 1.82) is 0 Å². The molecule has 2 N–H and O–H groups in total. The number of nitrogens with zero attached hydrogens (tertiary/aromatic N) is 3. The molecule has 0 atom stereocenters. The van der Waals surface area contributed by atoms with Crippen LogP contribution < -0.4 is 10.6 Å². The van der Waals surface area contributed by atoms with E-state index in [1.807, 2.05) is 32.0 Å². The minimum Gasteiger partial charge on any atom is -0.322 e. The third kappa shape index (κ3) is 4.20. The zero-order valence-corrected chi connectivity index (χ0v) is 17.6. The second-order valence-corrected chi connectivity index (χ2v) is 7.85. The van der Waals surface area contributed by atoms with Crippen LogP contribution in [0.1, 0.15) is 45.9 Å². The number of rotatable bonds is 5. The zero-order valence-electron chi connectivity index (χ0n) is 17.6. The summed E-state index contributed by atoms with van der Waals surface area (Å²) in [5, 5.41) is 21.9. The Morgan fingerprint density at radius 2 is 1.87 bits per heavy atom. The van der Waals surface area contributed by atoms with E-state index in [4.69, 9.17) is 0 Å². The van der Waals surface area contributed by atoms with Crippen LogP contribution in [0.25, 0.3) is 5.69 Å². The highest BCUT2D eigenvalue weighted by Gasteiger charge is 2.27. The zero-order chi connectivity index (χ0) is 22.0. The molecule has 8 nitrogen and oxygen atoms in total. The first-order valence-corrected chi connectivity index (χ1v) is 10.4. The molecule has 2 heterocycles. The Morgan fingerprint density at radius 1 is 1.16 bits per heavy atom. The van der Waals surface area contributed by atoms with E-state index in [0.717, 1.165) is 48.4 Å². The standard InChI is InChI=1S/C23H25N5O3/c1-15-4-3-5-21(16(15)2)26-23(29)20-14-25-27(22(20)17-10-12-24-13-11-17)18-6-8-19(9-7-18)28(30)31/h3-9,14,17,24H,10-13H2,1-2H3,(H,26,29). The van der Waals surface area contributed by atoms with Gasteiger partial charge in [0.25, 0.3) is 11.6 Å². The van der Waals surface area contributed by atoms with Gasteiger partial charge < -0.3 is 10.6 Å². The molecule has 0 spiro atoms. The first-order valence-electron chi connectivity index (χ1n) is 10.4. The molecule has 1 fully saturated rings. The summed E-state index contributed by atoms with van der Waals surface area (Å²) in [4.78, 5) is 23.8. The van der Waals surface area contributed by atoms with Crippen LogP contribution in [-0.4, -0.2) is 33.7 Å². The van der Waals surface area contributed by atoms with Crippen molar-refractivity contribution >= 4 is 17.3 Å². The first kappa shape index (κ1) is 20.7. The van der Waals surface area contributed by atoms with Crippen molar-refractivity contribution < 1.29 is 9.72 Å². The molecule has 8 heteroatoms. The molecule has 2 aromatic carbocycles. The van der Waals surface area contributed by atoms with Gasteiger partial charge in [-0.3, -0.25) is 14.9 Å². The van der Waals surface area contributed by atoms with Crippen molar-refractivity contribution in [1.82, 2.24) is 15.1 Å². The fraction of sp³-hybridized carbons (Fsp3) is 0.304. The van der Waals surface area contributed by atoms with Crippen molar-refractivity contribution in [2.24, 2.45) is 0 Å². The molecule has 160 valence electrons. The van der Waals surface area contributed by atoms with Crippen molar-refractivity contribution in [3.63, 3.8) is 0 Å². The Hall–Kier alpha value is -3.52. The maximum Gasteiger partial charge on any atom is 0.269 e. The molecule has 1 aromatic heterocycles. The Kier molecular flexibility index (Phi) is 5.81. The van der Waals surface area contributed by atoms with E-state index in [2.05, 4.69) is 15.7 Å². The van der Waals surface area contributed by atoms with Gasteiger partial charge in [0, 0.05) is 23.7 Å². The molecule has 0 saturated carbocycles. The molecule has 1 aliphatic rings. The van der Waals surface area contributed by atoms with Gasteiger partial charge in [-0.05, 0) is 69.1 Å². The Morgan fingerprint density at radius 3 is 2.55 bits per heavy atom. The summed E-state index contributed by atoms with van der Waals surface area (Å²) >= 11 is 0. The van der Waals surface area contributed by atoms with Crippen LogP contribution in [0.15, 0.2) is 48.7 Å². The van der Waals surface area contributed by atoms with Gasteiger partial charge in [0.1, 0.15) is 0 Å². The van der Waals surface area contributed by atoms with Crippen LogP contribution in [0.4, 0.5) is 11.4 Å². The first-order chi connectivity index (χ1) is 15.0. The third-order valence-electron chi connectivity index (χ3n) is 5.93. The van der Waals surface area contributed by atoms with Crippen LogP contribution >= 0.6 is 0 Å².